The minimum absolute atomic E-state index is 0. The van der Waals surface area contributed by atoms with Gasteiger partial charge in [-0.15, -0.1) is 12.4 Å². The van der Waals surface area contributed by atoms with Crippen molar-refractivity contribution < 1.29 is 19.2 Å². The minimum Gasteiger partial charge on any atom is -0.493 e. The van der Waals surface area contributed by atoms with Crippen molar-refractivity contribution in [1.82, 2.24) is 9.80 Å². The number of fused-ring (bicyclic) bond motifs is 1. The topological polar surface area (TPSA) is 85.2 Å². The number of carbonyl (C=O) groups is 1. The van der Waals surface area contributed by atoms with E-state index in [1.54, 1.807) is 32.4 Å². The molecule has 0 saturated carbocycles. The van der Waals surface area contributed by atoms with Crippen LogP contribution in [-0.2, 0) is 13.0 Å². The number of nitro benzene ring substituents is 1. The molecule has 1 atom stereocenters. The second-order valence-electron chi connectivity index (χ2n) is 8.53. The van der Waals surface area contributed by atoms with Crippen LogP contribution in [0.15, 0.2) is 36.4 Å². The molecule has 178 valence electrons. The lowest BCUT2D eigenvalue weighted by Crippen LogP contribution is -2.41. The quantitative estimate of drug-likeness (QED) is 0.424. The van der Waals surface area contributed by atoms with Crippen LogP contribution in [0.5, 0.6) is 11.5 Å². The van der Waals surface area contributed by atoms with Crippen molar-refractivity contribution in [2.75, 3.05) is 40.4 Å². The van der Waals surface area contributed by atoms with Crippen LogP contribution in [0.3, 0.4) is 0 Å². The van der Waals surface area contributed by atoms with Crippen LogP contribution in [0.25, 0.3) is 0 Å². The summed E-state index contributed by atoms with van der Waals surface area (Å²) < 4.78 is 10.7. The molecular weight excluding hydrogens is 446 g/mol. The zero-order chi connectivity index (χ0) is 22.7. The monoisotopic (exact) mass is 475 g/mol. The molecule has 0 spiro atoms. The Balaban J connectivity index is 0.00000306. The third kappa shape index (κ3) is 5.57. The summed E-state index contributed by atoms with van der Waals surface area (Å²) >= 11 is 0. The Labute approximate surface area is 200 Å². The van der Waals surface area contributed by atoms with Gasteiger partial charge in [0.25, 0.3) is 11.6 Å². The number of methoxy groups -OCH3 is 2. The number of rotatable bonds is 8. The predicted molar refractivity (Wildman–Crippen MR) is 127 cm³/mol. The van der Waals surface area contributed by atoms with Gasteiger partial charge in [0, 0.05) is 43.9 Å². The fraction of sp³-hybridized carbons (Fsp3) is 0.458. The maximum Gasteiger partial charge on any atom is 0.269 e. The fourth-order valence-electron chi connectivity index (χ4n) is 4.73. The first-order valence-electron chi connectivity index (χ1n) is 11.0. The molecule has 0 bridgehead atoms. The molecule has 1 unspecified atom stereocenters. The van der Waals surface area contributed by atoms with Crippen molar-refractivity contribution in [3.05, 3.63) is 63.2 Å². The second-order valence-corrected chi connectivity index (χ2v) is 8.53. The highest BCUT2D eigenvalue weighted by Crippen LogP contribution is 2.35. The van der Waals surface area contributed by atoms with E-state index in [0.29, 0.717) is 29.5 Å². The molecule has 0 radical (unpaired) electrons. The number of carbonyl (C=O) groups excluding carboxylic acids is 1. The van der Waals surface area contributed by atoms with Gasteiger partial charge in [0.05, 0.1) is 19.1 Å². The molecule has 4 rings (SSSR count). The maximum absolute atomic E-state index is 13.0. The summed E-state index contributed by atoms with van der Waals surface area (Å²) in [5, 5.41) is 10.8. The molecule has 0 aliphatic carbocycles. The number of likely N-dealkylation sites (tertiary alicyclic amines) is 1. The summed E-state index contributed by atoms with van der Waals surface area (Å²) in [6, 6.07) is 10.5. The molecule has 1 saturated heterocycles. The zero-order valence-electron chi connectivity index (χ0n) is 19.0. The molecule has 0 N–H and O–H groups in total. The van der Waals surface area contributed by atoms with Crippen LogP contribution >= 0.6 is 12.4 Å². The van der Waals surface area contributed by atoms with Crippen LogP contribution in [0.1, 0.15) is 34.3 Å². The number of nitrogens with zero attached hydrogens (tertiary/aromatic N) is 3. The minimum atomic E-state index is -0.372. The average molecular weight is 476 g/mol. The number of amides is 1. The number of hydrogen-bond acceptors (Lipinski definition) is 6. The van der Waals surface area contributed by atoms with Gasteiger partial charge >= 0.3 is 0 Å². The van der Waals surface area contributed by atoms with Crippen molar-refractivity contribution in [3.8, 4) is 11.5 Å². The van der Waals surface area contributed by atoms with E-state index >= 15 is 0 Å². The standard InChI is InChI=1S/C24H29N3O5.ClH/c1-31-22-12-19-16-26(24(28)21(19)13-23(22)32-2)15-18-4-3-10-25(14-18)11-9-17-5-7-20(8-6-17)27(29)30;/h5-8,12-13,18H,3-4,9-11,14-16H2,1-2H3;1H. The molecule has 2 heterocycles. The smallest absolute Gasteiger partial charge is 0.269 e. The molecular formula is C24H30ClN3O5. The third-order valence-electron chi connectivity index (χ3n) is 6.43. The summed E-state index contributed by atoms with van der Waals surface area (Å²) in [5.74, 6) is 1.72. The molecule has 2 aliphatic heterocycles. The van der Waals surface area contributed by atoms with Gasteiger partial charge in [0.1, 0.15) is 0 Å². The van der Waals surface area contributed by atoms with Gasteiger partial charge < -0.3 is 19.3 Å². The highest BCUT2D eigenvalue weighted by Gasteiger charge is 2.32. The van der Waals surface area contributed by atoms with Crippen molar-refractivity contribution in [3.63, 3.8) is 0 Å². The fourth-order valence-corrected chi connectivity index (χ4v) is 4.73. The lowest BCUT2D eigenvalue weighted by Gasteiger charge is -2.34. The summed E-state index contributed by atoms with van der Waals surface area (Å²) in [5.41, 5.74) is 2.91. The zero-order valence-corrected chi connectivity index (χ0v) is 19.8. The molecule has 9 heteroatoms. The number of halogens is 1. The molecule has 1 fully saturated rings. The number of piperidine rings is 1. The highest BCUT2D eigenvalue weighted by atomic mass is 35.5. The Bertz CT molecular complexity index is 998. The normalized spacial score (nSPS) is 17.9. The molecule has 33 heavy (non-hydrogen) atoms. The van der Waals surface area contributed by atoms with Gasteiger partial charge in [-0.3, -0.25) is 14.9 Å². The van der Waals surface area contributed by atoms with E-state index < -0.39 is 0 Å². The summed E-state index contributed by atoms with van der Waals surface area (Å²) in [4.78, 5) is 27.8. The molecule has 2 aliphatic rings. The molecule has 0 aromatic heterocycles. The van der Waals surface area contributed by atoms with Gasteiger partial charge in [-0.2, -0.15) is 0 Å². The van der Waals surface area contributed by atoms with E-state index in [9.17, 15) is 14.9 Å². The Morgan fingerprint density at radius 3 is 2.48 bits per heavy atom. The average Bonchev–Trinajstić information content (AvgIpc) is 3.11. The van der Waals surface area contributed by atoms with Crippen LogP contribution in [-0.4, -0.2) is 61.0 Å². The van der Waals surface area contributed by atoms with E-state index in [0.717, 1.165) is 56.6 Å². The first kappa shape index (κ1) is 24.8. The van der Waals surface area contributed by atoms with E-state index in [1.807, 2.05) is 23.1 Å². The van der Waals surface area contributed by atoms with E-state index in [1.165, 1.54) is 0 Å². The number of nitro groups is 1. The predicted octanol–water partition coefficient (Wildman–Crippen LogP) is 3.94. The second kappa shape index (κ2) is 10.9. The lowest BCUT2D eigenvalue weighted by atomic mass is 9.97. The Morgan fingerprint density at radius 1 is 1.12 bits per heavy atom. The van der Waals surface area contributed by atoms with E-state index in [-0.39, 0.29) is 28.9 Å². The van der Waals surface area contributed by atoms with Crippen LogP contribution < -0.4 is 9.47 Å². The van der Waals surface area contributed by atoms with Crippen LogP contribution in [0.4, 0.5) is 5.69 Å². The summed E-state index contributed by atoms with van der Waals surface area (Å²) in [6.07, 6.45) is 3.08. The van der Waals surface area contributed by atoms with Crippen molar-refractivity contribution in [2.24, 2.45) is 5.92 Å². The largest absolute Gasteiger partial charge is 0.493 e. The summed E-state index contributed by atoms with van der Waals surface area (Å²) in [6.45, 7) is 4.27. The lowest BCUT2D eigenvalue weighted by molar-refractivity contribution is -0.384. The molecule has 2 aromatic rings. The number of hydrogen-bond donors (Lipinski definition) is 0. The Kier molecular flexibility index (Phi) is 8.15. The molecule has 2 aromatic carbocycles. The van der Waals surface area contributed by atoms with Gasteiger partial charge in [-0.1, -0.05) is 12.1 Å². The SMILES string of the molecule is COc1cc2c(cc1OC)C(=O)N(CC1CCCN(CCc3ccc([N+](=O)[O-])cc3)C1)C2.Cl. The maximum atomic E-state index is 13.0. The Morgan fingerprint density at radius 2 is 1.82 bits per heavy atom. The summed E-state index contributed by atoms with van der Waals surface area (Å²) in [7, 11) is 3.18. The highest BCUT2D eigenvalue weighted by molar-refractivity contribution is 5.99. The van der Waals surface area contributed by atoms with Crippen molar-refractivity contribution in [2.45, 2.75) is 25.8 Å². The number of ether oxygens (including phenoxy) is 2. The number of non-ortho nitro benzene ring substituents is 1. The molecule has 1 amide bonds. The molecule has 8 nitrogen and oxygen atoms in total. The van der Waals surface area contributed by atoms with Gasteiger partial charge in [-0.25, -0.2) is 0 Å². The van der Waals surface area contributed by atoms with Crippen LogP contribution in [0.2, 0.25) is 0 Å². The van der Waals surface area contributed by atoms with Crippen molar-refractivity contribution >= 4 is 24.0 Å². The van der Waals surface area contributed by atoms with E-state index in [2.05, 4.69) is 4.90 Å². The van der Waals surface area contributed by atoms with Crippen molar-refractivity contribution in [1.29, 1.82) is 0 Å². The van der Waals surface area contributed by atoms with Gasteiger partial charge in [-0.05, 0) is 55.0 Å². The van der Waals surface area contributed by atoms with Gasteiger partial charge in [0.2, 0.25) is 0 Å². The third-order valence-corrected chi connectivity index (χ3v) is 6.43. The first-order chi connectivity index (χ1) is 15.5. The Hall–Kier alpha value is -2.84. The first-order valence-corrected chi connectivity index (χ1v) is 11.0. The number of benzene rings is 2. The van der Waals surface area contributed by atoms with E-state index in [4.69, 9.17) is 9.47 Å². The van der Waals surface area contributed by atoms with Gasteiger partial charge in [0.15, 0.2) is 11.5 Å². The van der Waals surface area contributed by atoms with Crippen LogP contribution in [0, 0.1) is 16.0 Å².